The minimum absolute atomic E-state index is 0.173. The maximum Gasteiger partial charge on any atom is 0.234 e. The van der Waals surface area contributed by atoms with Gasteiger partial charge in [0.15, 0.2) is 0 Å². The van der Waals surface area contributed by atoms with Crippen LogP contribution in [0.3, 0.4) is 0 Å². The number of hydrogen-bond acceptors (Lipinski definition) is 7. The Hall–Kier alpha value is -2.55. The van der Waals surface area contributed by atoms with Crippen LogP contribution < -0.4 is 14.8 Å². The molecule has 2 rings (SSSR count). The Morgan fingerprint density at radius 3 is 2.96 bits per heavy atom. The van der Waals surface area contributed by atoms with E-state index in [-0.39, 0.29) is 11.7 Å². The number of benzene rings is 1. The summed E-state index contributed by atoms with van der Waals surface area (Å²) in [7, 11) is 3.10. The third-order valence-corrected chi connectivity index (χ3v) is 3.77. The predicted octanol–water partition coefficient (Wildman–Crippen LogP) is 1.61. The first kappa shape index (κ1) is 16.8. The molecule has 9 heteroatoms. The number of carbonyl (C=O) groups is 1. The van der Waals surface area contributed by atoms with Gasteiger partial charge in [0, 0.05) is 6.07 Å². The van der Waals surface area contributed by atoms with E-state index in [4.69, 9.17) is 9.47 Å². The van der Waals surface area contributed by atoms with E-state index in [0.29, 0.717) is 28.9 Å². The first-order valence-corrected chi connectivity index (χ1v) is 7.68. The largest absolute Gasteiger partial charge is 0.497 e. The second kappa shape index (κ2) is 8.18. The van der Waals surface area contributed by atoms with Gasteiger partial charge in [-0.15, -0.1) is 11.7 Å². The Balaban J connectivity index is 1.97. The van der Waals surface area contributed by atoms with Crippen LogP contribution >= 0.6 is 11.8 Å². The van der Waals surface area contributed by atoms with Crippen molar-refractivity contribution in [1.82, 2.24) is 20.2 Å². The van der Waals surface area contributed by atoms with Gasteiger partial charge in [0.1, 0.15) is 11.5 Å². The molecule has 1 aromatic heterocycles. The number of hydrogen-bond donors (Lipinski definition) is 1. The topological polar surface area (TPSA) is 91.2 Å². The molecule has 0 spiro atoms. The van der Waals surface area contributed by atoms with E-state index in [2.05, 4.69) is 27.4 Å². The highest BCUT2D eigenvalue weighted by molar-refractivity contribution is 7.99. The smallest absolute Gasteiger partial charge is 0.234 e. The molecule has 0 aliphatic rings. The number of rotatable bonds is 8. The fraction of sp³-hybridized carbons (Fsp3) is 0.286. The summed E-state index contributed by atoms with van der Waals surface area (Å²) >= 11 is 1.24. The third kappa shape index (κ3) is 4.46. The first-order valence-electron chi connectivity index (χ1n) is 6.69. The van der Waals surface area contributed by atoms with Crippen molar-refractivity contribution in [2.24, 2.45) is 0 Å². The summed E-state index contributed by atoms with van der Waals surface area (Å²) in [5.74, 6) is 1.16. The average Bonchev–Trinajstić information content (AvgIpc) is 3.01. The quantitative estimate of drug-likeness (QED) is 0.579. The zero-order valence-electron chi connectivity index (χ0n) is 12.9. The molecule has 0 aliphatic heterocycles. The molecule has 1 amide bonds. The molecule has 122 valence electrons. The molecule has 0 fully saturated rings. The second-order valence-corrected chi connectivity index (χ2v) is 5.28. The van der Waals surface area contributed by atoms with Crippen LogP contribution in [0.1, 0.15) is 0 Å². The molecule has 0 atom stereocenters. The Bertz CT molecular complexity index is 689. The van der Waals surface area contributed by atoms with Gasteiger partial charge >= 0.3 is 0 Å². The number of nitrogens with one attached hydrogen (secondary N) is 1. The zero-order chi connectivity index (χ0) is 16.7. The number of aromatic nitrogens is 4. The maximum absolute atomic E-state index is 12.1. The fourth-order valence-electron chi connectivity index (χ4n) is 1.75. The van der Waals surface area contributed by atoms with Crippen LogP contribution in [0.2, 0.25) is 0 Å². The molecule has 0 saturated heterocycles. The number of nitrogens with zero attached hydrogens (tertiary/aromatic N) is 4. The zero-order valence-corrected chi connectivity index (χ0v) is 13.7. The predicted molar refractivity (Wildman–Crippen MR) is 86.9 cm³/mol. The van der Waals surface area contributed by atoms with Crippen molar-refractivity contribution in [1.29, 1.82) is 0 Å². The van der Waals surface area contributed by atoms with Gasteiger partial charge in [-0.3, -0.25) is 4.79 Å². The van der Waals surface area contributed by atoms with E-state index in [1.165, 1.54) is 18.9 Å². The summed E-state index contributed by atoms with van der Waals surface area (Å²) in [5, 5.41) is 14.6. The van der Waals surface area contributed by atoms with E-state index in [1.54, 1.807) is 36.1 Å². The van der Waals surface area contributed by atoms with Crippen molar-refractivity contribution < 1.29 is 14.3 Å². The molecule has 1 heterocycles. The maximum atomic E-state index is 12.1. The normalized spacial score (nSPS) is 10.2. The molecule has 1 N–H and O–H groups in total. The van der Waals surface area contributed by atoms with Crippen LogP contribution in [0.4, 0.5) is 5.69 Å². The van der Waals surface area contributed by atoms with Crippen LogP contribution in [-0.4, -0.2) is 46.1 Å². The molecule has 0 saturated carbocycles. The van der Waals surface area contributed by atoms with Gasteiger partial charge in [-0.2, -0.15) is 0 Å². The molecule has 0 aliphatic carbocycles. The van der Waals surface area contributed by atoms with E-state index < -0.39 is 0 Å². The van der Waals surface area contributed by atoms with Crippen molar-refractivity contribution >= 4 is 23.4 Å². The molecular formula is C14H17N5O3S. The summed E-state index contributed by atoms with van der Waals surface area (Å²) < 4.78 is 11.9. The van der Waals surface area contributed by atoms with Crippen LogP contribution in [0, 0.1) is 0 Å². The monoisotopic (exact) mass is 335 g/mol. The molecular weight excluding hydrogens is 318 g/mol. The van der Waals surface area contributed by atoms with Gasteiger partial charge < -0.3 is 14.8 Å². The lowest BCUT2D eigenvalue weighted by molar-refractivity contribution is -0.113. The van der Waals surface area contributed by atoms with Crippen molar-refractivity contribution in [2.45, 2.75) is 11.7 Å². The van der Waals surface area contributed by atoms with Crippen molar-refractivity contribution in [3.8, 4) is 11.5 Å². The van der Waals surface area contributed by atoms with Crippen molar-refractivity contribution in [2.75, 3.05) is 25.3 Å². The summed E-state index contributed by atoms with van der Waals surface area (Å²) in [5.41, 5.74) is 0.574. The summed E-state index contributed by atoms with van der Waals surface area (Å²) in [6.45, 7) is 4.12. The highest BCUT2D eigenvalue weighted by Crippen LogP contribution is 2.29. The van der Waals surface area contributed by atoms with E-state index in [1.807, 2.05) is 0 Å². The third-order valence-electron chi connectivity index (χ3n) is 2.82. The summed E-state index contributed by atoms with van der Waals surface area (Å²) in [4.78, 5) is 12.1. The number of amides is 1. The van der Waals surface area contributed by atoms with Gasteiger partial charge in [-0.25, -0.2) is 4.68 Å². The van der Waals surface area contributed by atoms with Gasteiger partial charge in [0.25, 0.3) is 0 Å². The summed E-state index contributed by atoms with van der Waals surface area (Å²) in [6, 6.07) is 5.17. The minimum Gasteiger partial charge on any atom is -0.497 e. The highest BCUT2D eigenvalue weighted by Gasteiger charge is 2.12. The van der Waals surface area contributed by atoms with Crippen molar-refractivity contribution in [3.05, 3.63) is 30.9 Å². The van der Waals surface area contributed by atoms with E-state index >= 15 is 0 Å². The fourth-order valence-corrected chi connectivity index (χ4v) is 2.44. The van der Waals surface area contributed by atoms with Crippen molar-refractivity contribution in [3.63, 3.8) is 0 Å². The van der Waals surface area contributed by atoms with E-state index in [0.717, 1.165) is 0 Å². The number of ether oxygens (including phenoxy) is 2. The standard InChI is InChI=1S/C14H17N5O3S/c1-4-7-19-14(16-17-18-19)23-9-13(20)15-11-6-5-10(21-2)8-12(11)22-3/h4-6,8H,1,7,9H2,2-3H3,(H,15,20). The van der Waals surface area contributed by atoms with Crippen LogP contribution in [0.5, 0.6) is 11.5 Å². The molecule has 0 bridgehead atoms. The van der Waals surface area contributed by atoms with Crippen LogP contribution in [0.25, 0.3) is 0 Å². The molecule has 23 heavy (non-hydrogen) atoms. The van der Waals surface area contributed by atoms with Crippen LogP contribution in [-0.2, 0) is 11.3 Å². The van der Waals surface area contributed by atoms with Gasteiger partial charge in [-0.1, -0.05) is 17.8 Å². The first-order chi connectivity index (χ1) is 11.2. The molecule has 2 aromatic rings. The Morgan fingerprint density at radius 2 is 2.26 bits per heavy atom. The van der Waals surface area contributed by atoms with Gasteiger partial charge in [-0.05, 0) is 22.6 Å². The molecule has 1 aromatic carbocycles. The number of anilines is 1. The Morgan fingerprint density at radius 1 is 1.43 bits per heavy atom. The molecule has 0 radical (unpaired) electrons. The molecule has 8 nitrogen and oxygen atoms in total. The van der Waals surface area contributed by atoms with Gasteiger partial charge in [0.2, 0.25) is 11.1 Å². The minimum atomic E-state index is -0.188. The van der Waals surface area contributed by atoms with Crippen LogP contribution in [0.15, 0.2) is 36.0 Å². The number of tetrazole rings is 1. The second-order valence-electron chi connectivity index (χ2n) is 4.34. The Labute approximate surface area is 137 Å². The lowest BCUT2D eigenvalue weighted by Gasteiger charge is -2.11. The molecule has 0 unspecified atom stereocenters. The van der Waals surface area contributed by atoms with Gasteiger partial charge in [0.05, 0.1) is 32.2 Å². The van der Waals surface area contributed by atoms with E-state index in [9.17, 15) is 4.79 Å². The SMILES string of the molecule is C=CCn1nnnc1SCC(=O)Nc1ccc(OC)cc1OC. The lowest BCUT2D eigenvalue weighted by atomic mass is 10.2. The lowest BCUT2D eigenvalue weighted by Crippen LogP contribution is -2.15. The highest BCUT2D eigenvalue weighted by atomic mass is 32.2. The summed E-state index contributed by atoms with van der Waals surface area (Å²) in [6.07, 6.45) is 1.68. The number of methoxy groups -OCH3 is 2. The number of thioether (sulfide) groups is 1. The Kier molecular flexibility index (Phi) is 5.98. The number of allylic oxidation sites excluding steroid dienone is 1. The average molecular weight is 335 g/mol. The number of carbonyl (C=O) groups excluding carboxylic acids is 1.